The summed E-state index contributed by atoms with van der Waals surface area (Å²) in [7, 11) is 1.57. The van der Waals surface area contributed by atoms with Crippen LogP contribution < -0.4 is 30.5 Å². The molecule has 0 bridgehead atoms. The molecule has 0 aliphatic rings. The molecule has 2 nitrogen and oxygen atoms in total. The van der Waals surface area contributed by atoms with Crippen LogP contribution in [0.1, 0.15) is 0 Å². The highest BCUT2D eigenvalue weighted by Crippen LogP contribution is 2.28. The van der Waals surface area contributed by atoms with Crippen molar-refractivity contribution in [3.05, 3.63) is 133 Å². The third kappa shape index (κ3) is 6.05. The number of halogens is 2. The molecule has 44 heavy (non-hydrogen) atoms. The molecule has 0 amide bonds. The van der Waals surface area contributed by atoms with E-state index in [1.165, 1.54) is 0 Å². The molecule has 0 aromatic heterocycles. The average molecular weight is 619 g/mol. The molecule has 0 fully saturated rings. The van der Waals surface area contributed by atoms with Gasteiger partial charge in [0.15, 0.2) is 0 Å². The SMILES string of the molecule is CN(C)c1cccc2cccc([Si@@](C)(F)c3ccccc3)c12.CN(C)c1cccc2cccc([Si@](C)(F)c3ccccc3)c12. The van der Waals surface area contributed by atoms with Gasteiger partial charge in [0.2, 0.25) is 0 Å². The second-order valence-electron chi connectivity index (χ2n) is 11.9. The van der Waals surface area contributed by atoms with Crippen molar-refractivity contribution in [2.45, 2.75) is 13.1 Å². The number of anilines is 2. The lowest BCUT2D eigenvalue weighted by Gasteiger charge is -2.24. The predicted octanol–water partition coefficient (Wildman–Crippen LogP) is 7.13. The molecule has 6 aromatic carbocycles. The maximum Gasteiger partial charge on any atom is 0.306 e. The summed E-state index contributed by atoms with van der Waals surface area (Å²) < 4.78 is 31.7. The van der Waals surface area contributed by atoms with Gasteiger partial charge >= 0.3 is 16.8 Å². The van der Waals surface area contributed by atoms with Crippen molar-refractivity contribution < 1.29 is 8.22 Å². The van der Waals surface area contributed by atoms with Gasteiger partial charge in [-0.1, -0.05) is 121 Å². The van der Waals surface area contributed by atoms with E-state index in [0.29, 0.717) is 0 Å². The zero-order chi connectivity index (χ0) is 31.5. The van der Waals surface area contributed by atoms with Gasteiger partial charge in [0.25, 0.3) is 0 Å². The van der Waals surface area contributed by atoms with Crippen LogP contribution in [-0.4, -0.2) is 45.0 Å². The third-order valence-corrected chi connectivity index (χ3v) is 14.1. The van der Waals surface area contributed by atoms with Crippen molar-refractivity contribution in [1.29, 1.82) is 0 Å². The maximum absolute atomic E-state index is 15.8. The Morgan fingerprint density at radius 3 is 1.05 bits per heavy atom. The molecule has 0 radical (unpaired) electrons. The smallest absolute Gasteiger partial charge is 0.306 e. The van der Waals surface area contributed by atoms with Crippen LogP contribution in [0.15, 0.2) is 133 Å². The summed E-state index contributed by atoms with van der Waals surface area (Å²) in [5.41, 5.74) is 2.14. The Bertz CT molecular complexity index is 1720. The van der Waals surface area contributed by atoms with Crippen molar-refractivity contribution >= 4 is 70.5 Å². The Balaban J connectivity index is 0.000000175. The highest BCUT2D eigenvalue weighted by Gasteiger charge is 2.36. The molecule has 0 saturated carbocycles. The third-order valence-electron chi connectivity index (χ3n) is 8.37. The molecular weight excluding hydrogens is 579 g/mol. The Morgan fingerprint density at radius 2 is 0.727 bits per heavy atom. The second-order valence-corrected chi connectivity index (χ2v) is 18.1. The Morgan fingerprint density at radius 1 is 0.409 bits per heavy atom. The van der Waals surface area contributed by atoms with Crippen LogP contribution >= 0.6 is 0 Å². The van der Waals surface area contributed by atoms with Crippen molar-refractivity contribution in [1.82, 2.24) is 0 Å². The molecule has 0 heterocycles. The summed E-state index contributed by atoms with van der Waals surface area (Å²) in [5.74, 6) is 0. The Labute approximate surface area is 262 Å². The van der Waals surface area contributed by atoms with E-state index in [-0.39, 0.29) is 0 Å². The van der Waals surface area contributed by atoms with Gasteiger partial charge in [-0.2, -0.15) is 0 Å². The fraction of sp³-hybridized carbons (Fsp3) is 0.158. The minimum Gasteiger partial charge on any atom is -0.377 e. The minimum atomic E-state index is -3.22. The first-order valence-corrected chi connectivity index (χ1v) is 19.7. The minimum absolute atomic E-state index is 0.816. The summed E-state index contributed by atoms with van der Waals surface area (Å²) in [4.78, 5) is 4.11. The van der Waals surface area contributed by atoms with Crippen molar-refractivity contribution in [3.63, 3.8) is 0 Å². The lowest BCUT2D eigenvalue weighted by atomic mass is 10.1. The van der Waals surface area contributed by atoms with Gasteiger partial charge in [-0.15, -0.1) is 0 Å². The maximum atomic E-state index is 15.8. The zero-order valence-electron chi connectivity index (χ0n) is 26.4. The molecule has 6 aromatic rings. The summed E-state index contributed by atoms with van der Waals surface area (Å²) in [6.07, 6.45) is 0. The molecule has 6 rings (SSSR count). The topological polar surface area (TPSA) is 6.48 Å². The Hall–Kier alpha value is -4.27. The van der Waals surface area contributed by atoms with Crippen molar-refractivity contribution in [2.24, 2.45) is 0 Å². The van der Waals surface area contributed by atoms with Gasteiger partial charge in [0.1, 0.15) is 0 Å². The van der Waals surface area contributed by atoms with E-state index in [9.17, 15) is 0 Å². The molecule has 2 atom stereocenters. The summed E-state index contributed by atoms with van der Waals surface area (Å²) in [5, 5.41) is 7.59. The molecule has 0 aliphatic heterocycles. The summed E-state index contributed by atoms with van der Waals surface area (Å²) >= 11 is 0. The van der Waals surface area contributed by atoms with E-state index in [0.717, 1.165) is 53.7 Å². The van der Waals surface area contributed by atoms with Crippen LogP contribution in [0.2, 0.25) is 13.1 Å². The monoisotopic (exact) mass is 618 g/mol. The number of benzene rings is 6. The Kier molecular flexibility index (Phi) is 9.04. The first kappa shape index (κ1) is 31.2. The fourth-order valence-electron chi connectivity index (χ4n) is 5.98. The average Bonchev–Trinajstić information content (AvgIpc) is 3.04. The lowest BCUT2D eigenvalue weighted by molar-refractivity contribution is 0.832. The standard InChI is InChI=1S/2C19H20FNSi/c2*1-21(2)17-13-7-9-15-10-8-14-18(19(15)17)22(3,20)16-11-5-4-6-12-16/h2*4-14H,1-3H3/t2*22-/m10/s1. The first-order chi connectivity index (χ1) is 21.0. The molecule has 0 spiro atoms. The van der Waals surface area contributed by atoms with Crippen LogP contribution in [0.4, 0.5) is 19.6 Å². The van der Waals surface area contributed by atoms with Gasteiger partial charge in [-0.25, -0.2) is 0 Å². The lowest BCUT2D eigenvalue weighted by Crippen LogP contribution is -2.52. The molecule has 0 saturated heterocycles. The first-order valence-electron chi connectivity index (χ1n) is 14.9. The predicted molar refractivity (Wildman–Crippen MR) is 193 cm³/mol. The van der Waals surface area contributed by atoms with E-state index in [4.69, 9.17) is 0 Å². The van der Waals surface area contributed by atoms with E-state index in [2.05, 4.69) is 46.2 Å². The molecule has 0 N–H and O–H groups in total. The van der Waals surface area contributed by atoms with Gasteiger partial charge in [0.05, 0.1) is 0 Å². The molecule has 224 valence electrons. The molecular formula is C38H40F2N2Si2. The number of hydrogen-bond acceptors (Lipinski definition) is 2. The fourth-order valence-corrected chi connectivity index (χ4v) is 10.5. The highest BCUT2D eigenvalue weighted by molar-refractivity contribution is 6.98. The van der Waals surface area contributed by atoms with E-state index >= 15 is 8.22 Å². The van der Waals surface area contributed by atoms with E-state index < -0.39 is 16.8 Å². The quantitative estimate of drug-likeness (QED) is 0.145. The number of hydrogen-bond donors (Lipinski definition) is 0. The number of nitrogens with zero attached hydrogens (tertiary/aromatic N) is 2. The van der Waals surface area contributed by atoms with Crippen molar-refractivity contribution in [2.75, 3.05) is 38.0 Å². The van der Waals surface area contributed by atoms with E-state index in [1.807, 2.05) is 125 Å². The highest BCUT2D eigenvalue weighted by atomic mass is 28.4. The van der Waals surface area contributed by atoms with Gasteiger partial charge < -0.3 is 18.0 Å². The summed E-state index contributed by atoms with van der Waals surface area (Å²) in [6.45, 7) is 3.56. The number of rotatable bonds is 6. The van der Waals surface area contributed by atoms with Gasteiger partial charge in [0, 0.05) is 50.3 Å². The van der Waals surface area contributed by atoms with Gasteiger partial charge in [-0.05, 0) is 56.7 Å². The molecule has 0 aliphatic carbocycles. The van der Waals surface area contributed by atoms with Crippen LogP contribution in [0.5, 0.6) is 0 Å². The van der Waals surface area contributed by atoms with Crippen LogP contribution in [0.3, 0.4) is 0 Å². The van der Waals surface area contributed by atoms with Crippen molar-refractivity contribution in [3.8, 4) is 0 Å². The van der Waals surface area contributed by atoms with Crippen LogP contribution in [0, 0.1) is 0 Å². The summed E-state index contributed by atoms with van der Waals surface area (Å²) in [6, 6.07) is 43.4. The molecule has 0 unspecified atom stereocenters. The van der Waals surface area contributed by atoms with E-state index in [1.54, 1.807) is 13.1 Å². The zero-order valence-corrected chi connectivity index (χ0v) is 28.4. The van der Waals surface area contributed by atoms with Crippen LogP contribution in [-0.2, 0) is 0 Å². The number of fused-ring (bicyclic) bond motifs is 2. The molecule has 6 heteroatoms. The van der Waals surface area contributed by atoms with Crippen LogP contribution in [0.25, 0.3) is 21.5 Å². The largest absolute Gasteiger partial charge is 0.377 e. The van der Waals surface area contributed by atoms with Gasteiger partial charge in [-0.3, -0.25) is 0 Å². The normalized spacial score (nSPS) is 13.8. The second kappa shape index (κ2) is 12.8.